The third-order valence-electron chi connectivity index (χ3n) is 1.69. The number of anilines is 1. The fraction of sp³-hybridized carbons (Fsp3) is 0.143. The first kappa shape index (κ1) is 10.3. The molecule has 0 unspecified atom stereocenters. The average molecular weight is 230 g/mol. The van der Waals surface area contributed by atoms with Crippen LogP contribution in [0, 0.1) is 0 Å². The zero-order valence-electron chi connectivity index (χ0n) is 7.68. The number of hydrogen-bond donors (Lipinski definition) is 1. The van der Waals surface area contributed by atoms with Gasteiger partial charge in [0.15, 0.2) is 11.5 Å². The minimum absolute atomic E-state index is 0.00157. The first-order valence-corrected chi connectivity index (χ1v) is 4.05. The van der Waals surface area contributed by atoms with E-state index in [-0.39, 0.29) is 11.8 Å². The maximum atomic E-state index is 12.2. The molecule has 0 radical (unpaired) electrons. The summed E-state index contributed by atoms with van der Waals surface area (Å²) in [6.07, 6.45) is -3.28. The summed E-state index contributed by atoms with van der Waals surface area (Å²) in [4.78, 5) is 3.60. The molecule has 0 bridgehead atoms. The van der Waals surface area contributed by atoms with Crippen LogP contribution in [-0.4, -0.2) is 25.0 Å². The maximum absolute atomic E-state index is 12.2. The highest BCUT2D eigenvalue weighted by Gasteiger charge is 2.32. The Bertz CT molecular complexity index is 488. The summed E-state index contributed by atoms with van der Waals surface area (Å²) in [5.41, 5.74) is 4.18. The molecule has 0 saturated heterocycles. The zero-order valence-corrected chi connectivity index (χ0v) is 7.68. The number of rotatable bonds is 1. The molecule has 0 fully saturated rings. The standard InChI is InChI=1S/C7H5F3N6/c8-7(9,10)4-1-2-5(14-13-4)16-3-12-6(11)15-16/h1-3H,(H2,11,15). The zero-order chi connectivity index (χ0) is 11.8. The first-order chi connectivity index (χ1) is 7.47. The highest BCUT2D eigenvalue weighted by molar-refractivity contribution is 5.23. The van der Waals surface area contributed by atoms with E-state index in [1.807, 2.05) is 0 Å². The van der Waals surface area contributed by atoms with Crippen LogP contribution in [-0.2, 0) is 6.18 Å². The number of nitrogens with zero attached hydrogens (tertiary/aromatic N) is 5. The van der Waals surface area contributed by atoms with Gasteiger partial charge in [-0.1, -0.05) is 0 Å². The van der Waals surface area contributed by atoms with E-state index in [1.54, 1.807) is 0 Å². The Hall–Kier alpha value is -2.19. The van der Waals surface area contributed by atoms with Gasteiger partial charge >= 0.3 is 6.18 Å². The van der Waals surface area contributed by atoms with Crippen LogP contribution in [0.25, 0.3) is 5.82 Å². The third-order valence-corrected chi connectivity index (χ3v) is 1.69. The highest BCUT2D eigenvalue weighted by atomic mass is 19.4. The Morgan fingerprint density at radius 2 is 1.94 bits per heavy atom. The van der Waals surface area contributed by atoms with Crippen LogP contribution in [0.4, 0.5) is 19.1 Å². The van der Waals surface area contributed by atoms with Crippen LogP contribution in [0.5, 0.6) is 0 Å². The van der Waals surface area contributed by atoms with Crippen LogP contribution in [0.15, 0.2) is 18.5 Å². The molecule has 0 atom stereocenters. The van der Waals surface area contributed by atoms with Gasteiger partial charge in [-0.3, -0.25) is 0 Å². The van der Waals surface area contributed by atoms with Crippen molar-refractivity contribution in [1.82, 2.24) is 25.0 Å². The predicted molar refractivity (Wildman–Crippen MR) is 46.4 cm³/mol. The lowest BCUT2D eigenvalue weighted by Crippen LogP contribution is -2.10. The summed E-state index contributed by atoms with van der Waals surface area (Å²) in [7, 11) is 0. The second-order valence-electron chi connectivity index (χ2n) is 2.82. The summed E-state index contributed by atoms with van der Waals surface area (Å²) in [6, 6.07) is 1.93. The molecule has 6 nitrogen and oxygen atoms in total. The van der Waals surface area contributed by atoms with Gasteiger partial charge in [0.1, 0.15) is 6.33 Å². The van der Waals surface area contributed by atoms with Crippen LogP contribution < -0.4 is 5.73 Å². The highest BCUT2D eigenvalue weighted by Crippen LogP contribution is 2.26. The molecule has 0 aliphatic rings. The Morgan fingerprint density at radius 1 is 1.19 bits per heavy atom. The van der Waals surface area contributed by atoms with E-state index in [2.05, 4.69) is 20.3 Å². The van der Waals surface area contributed by atoms with E-state index in [4.69, 9.17) is 5.73 Å². The number of halogens is 3. The van der Waals surface area contributed by atoms with E-state index in [1.165, 1.54) is 6.33 Å². The minimum atomic E-state index is -4.51. The molecule has 2 aromatic heterocycles. The van der Waals surface area contributed by atoms with Crippen molar-refractivity contribution in [2.75, 3.05) is 5.73 Å². The van der Waals surface area contributed by atoms with Gasteiger partial charge in [-0.25, -0.2) is 4.98 Å². The lowest BCUT2D eigenvalue weighted by molar-refractivity contribution is -0.141. The van der Waals surface area contributed by atoms with Crippen molar-refractivity contribution in [3.8, 4) is 5.82 Å². The van der Waals surface area contributed by atoms with Crippen molar-refractivity contribution in [2.45, 2.75) is 6.18 Å². The van der Waals surface area contributed by atoms with Gasteiger partial charge in [-0.05, 0) is 12.1 Å². The number of nitrogen functional groups attached to an aromatic ring is 1. The Balaban J connectivity index is 2.33. The van der Waals surface area contributed by atoms with Gasteiger partial charge in [0.25, 0.3) is 0 Å². The van der Waals surface area contributed by atoms with Crippen molar-refractivity contribution >= 4 is 5.95 Å². The number of aromatic nitrogens is 5. The lowest BCUT2D eigenvalue weighted by Gasteiger charge is -2.04. The molecule has 0 saturated carbocycles. The van der Waals surface area contributed by atoms with Gasteiger partial charge in [0.2, 0.25) is 5.95 Å². The maximum Gasteiger partial charge on any atom is 0.435 e. The van der Waals surface area contributed by atoms with Gasteiger partial charge in [-0.15, -0.1) is 15.3 Å². The topological polar surface area (TPSA) is 82.5 Å². The SMILES string of the molecule is Nc1ncn(-c2ccc(C(F)(F)F)nn2)n1. The summed E-state index contributed by atoms with van der Waals surface area (Å²) < 4.78 is 37.6. The molecule has 0 aliphatic carbocycles. The van der Waals surface area contributed by atoms with Gasteiger partial charge in [0, 0.05) is 0 Å². The van der Waals surface area contributed by atoms with E-state index in [9.17, 15) is 13.2 Å². The fourth-order valence-electron chi connectivity index (χ4n) is 0.985. The number of nitrogens with two attached hydrogens (primary N) is 1. The smallest absolute Gasteiger partial charge is 0.366 e. The Kier molecular flexibility index (Phi) is 2.22. The van der Waals surface area contributed by atoms with Crippen LogP contribution in [0.3, 0.4) is 0 Å². The molecule has 2 heterocycles. The largest absolute Gasteiger partial charge is 0.435 e. The molecule has 2 N–H and O–H groups in total. The predicted octanol–water partition coefficient (Wildman–Crippen LogP) is 0.658. The van der Waals surface area contributed by atoms with Crippen molar-refractivity contribution in [3.05, 3.63) is 24.2 Å². The van der Waals surface area contributed by atoms with Crippen molar-refractivity contribution in [1.29, 1.82) is 0 Å². The van der Waals surface area contributed by atoms with E-state index < -0.39 is 11.9 Å². The Labute approximate surface area is 86.9 Å². The monoisotopic (exact) mass is 230 g/mol. The normalized spacial score (nSPS) is 11.7. The van der Waals surface area contributed by atoms with Crippen molar-refractivity contribution in [2.24, 2.45) is 0 Å². The minimum Gasteiger partial charge on any atom is -0.366 e. The molecule has 84 valence electrons. The van der Waals surface area contributed by atoms with E-state index in [0.29, 0.717) is 0 Å². The van der Waals surface area contributed by atoms with Crippen molar-refractivity contribution < 1.29 is 13.2 Å². The number of hydrogen-bond acceptors (Lipinski definition) is 5. The molecule has 9 heteroatoms. The molecule has 2 rings (SSSR count). The molecule has 0 amide bonds. The fourth-order valence-corrected chi connectivity index (χ4v) is 0.985. The average Bonchev–Trinajstić information content (AvgIpc) is 2.64. The quantitative estimate of drug-likeness (QED) is 0.778. The van der Waals surface area contributed by atoms with Gasteiger partial charge < -0.3 is 5.73 Å². The summed E-state index contributed by atoms with van der Waals surface area (Å²) >= 11 is 0. The van der Waals surface area contributed by atoms with Crippen LogP contribution in [0.1, 0.15) is 5.69 Å². The summed E-state index contributed by atoms with van der Waals surface area (Å²) in [5.74, 6) is 0.110. The van der Waals surface area contributed by atoms with Crippen molar-refractivity contribution in [3.63, 3.8) is 0 Å². The van der Waals surface area contributed by atoms with Crippen LogP contribution in [0.2, 0.25) is 0 Å². The summed E-state index contributed by atoms with van der Waals surface area (Å²) in [5, 5.41) is 10.1. The third kappa shape index (κ3) is 1.92. The second-order valence-corrected chi connectivity index (χ2v) is 2.82. The van der Waals surface area contributed by atoms with Crippen LogP contribution >= 0.6 is 0 Å². The van der Waals surface area contributed by atoms with E-state index >= 15 is 0 Å². The lowest BCUT2D eigenvalue weighted by atomic mass is 10.4. The molecular weight excluding hydrogens is 225 g/mol. The molecule has 0 aromatic carbocycles. The Morgan fingerprint density at radius 3 is 2.38 bits per heavy atom. The van der Waals surface area contributed by atoms with Gasteiger partial charge in [-0.2, -0.15) is 17.9 Å². The molecule has 0 aliphatic heterocycles. The number of alkyl halides is 3. The molecule has 2 aromatic rings. The molecule has 0 spiro atoms. The molecular formula is C7H5F3N6. The summed E-state index contributed by atoms with van der Waals surface area (Å²) in [6.45, 7) is 0. The van der Waals surface area contributed by atoms with Gasteiger partial charge in [0.05, 0.1) is 0 Å². The molecule has 16 heavy (non-hydrogen) atoms. The first-order valence-electron chi connectivity index (χ1n) is 4.05. The second kappa shape index (κ2) is 3.43. The van der Waals surface area contributed by atoms with E-state index in [0.717, 1.165) is 16.8 Å².